The Labute approximate surface area is 231 Å². The Hall–Kier alpha value is -4.65. The number of amides is 1. The zero-order valence-corrected chi connectivity index (χ0v) is 22.9. The number of hydrogen-bond donors (Lipinski definition) is 3. The molecule has 0 spiro atoms. The largest absolute Gasteiger partial charge is 0.508 e. The van der Waals surface area contributed by atoms with Gasteiger partial charge in [-0.25, -0.2) is 14.2 Å². The molecule has 2 aromatic heterocycles. The Balaban J connectivity index is 1.55. The van der Waals surface area contributed by atoms with Crippen LogP contribution >= 0.6 is 0 Å². The molecule has 3 heterocycles. The van der Waals surface area contributed by atoms with Crippen molar-refractivity contribution in [3.05, 3.63) is 59.5 Å². The van der Waals surface area contributed by atoms with Crippen LogP contribution in [0.4, 0.5) is 15.0 Å². The number of anilines is 1. The second kappa shape index (κ2) is 10.5. The smallest absolute Gasteiger partial charge is 0.407 e. The van der Waals surface area contributed by atoms with Gasteiger partial charge in [0.15, 0.2) is 5.82 Å². The number of aryl methyl sites for hydroxylation is 1. The standard InChI is InChI=1S/C30H31FN6O3/c1-17-5-6-18(14-24(17)38)25-22-16-33-36-27(22)28(35-26(25)19-7-8-20(15-32)23(31)13-19)37-11-9-21(10-12-37)34-29(39)40-30(2,3)4/h5-8,13-14,16,21,38H,9-12H2,1-4H3,(H,33,36)(H,34,39). The third kappa shape index (κ3) is 5.41. The van der Waals surface area contributed by atoms with E-state index in [2.05, 4.69) is 20.4 Å². The summed E-state index contributed by atoms with van der Waals surface area (Å²) in [6.07, 6.45) is 2.64. The number of nitrogens with one attached hydrogen (secondary N) is 2. The normalized spacial score (nSPS) is 14.2. The number of aromatic amines is 1. The van der Waals surface area contributed by atoms with Gasteiger partial charge in [-0.3, -0.25) is 5.10 Å². The first kappa shape index (κ1) is 26.9. The topological polar surface area (TPSA) is 127 Å². The van der Waals surface area contributed by atoms with Crippen LogP contribution in [0.2, 0.25) is 0 Å². The molecular formula is C30H31FN6O3. The maximum Gasteiger partial charge on any atom is 0.407 e. The van der Waals surface area contributed by atoms with Crippen molar-refractivity contribution in [3.8, 4) is 34.2 Å². The summed E-state index contributed by atoms with van der Waals surface area (Å²) in [4.78, 5) is 19.4. The maximum atomic E-state index is 14.8. The number of aromatic nitrogens is 3. The lowest BCUT2D eigenvalue weighted by Gasteiger charge is -2.34. The van der Waals surface area contributed by atoms with Gasteiger partial charge in [-0.15, -0.1) is 0 Å². The van der Waals surface area contributed by atoms with Crippen LogP contribution < -0.4 is 10.2 Å². The van der Waals surface area contributed by atoms with Crippen LogP contribution in [0.3, 0.4) is 0 Å². The Morgan fingerprint density at radius 3 is 2.58 bits per heavy atom. The molecule has 1 aliphatic heterocycles. The van der Waals surface area contributed by atoms with E-state index in [1.54, 1.807) is 18.3 Å². The van der Waals surface area contributed by atoms with E-state index in [9.17, 15) is 19.6 Å². The van der Waals surface area contributed by atoms with Crippen molar-refractivity contribution >= 4 is 22.8 Å². The number of hydrogen-bond acceptors (Lipinski definition) is 7. The lowest BCUT2D eigenvalue weighted by molar-refractivity contribution is 0.0497. The SMILES string of the molecule is Cc1ccc(-c2c(-c3ccc(C#N)c(F)c3)nc(N3CCC(NC(=O)OC(C)(C)C)CC3)c3[nH]ncc23)cc1O. The van der Waals surface area contributed by atoms with Gasteiger partial charge in [0.2, 0.25) is 0 Å². The number of aromatic hydroxyl groups is 1. The molecule has 1 aliphatic rings. The van der Waals surface area contributed by atoms with Crippen LogP contribution in [0, 0.1) is 24.1 Å². The van der Waals surface area contributed by atoms with Crippen LogP contribution in [-0.2, 0) is 4.74 Å². The van der Waals surface area contributed by atoms with Crippen LogP contribution in [0.15, 0.2) is 42.6 Å². The minimum absolute atomic E-state index is 0.0368. The molecule has 0 saturated carbocycles. The quantitative estimate of drug-likeness (QED) is 0.297. The summed E-state index contributed by atoms with van der Waals surface area (Å²) in [7, 11) is 0. The summed E-state index contributed by atoms with van der Waals surface area (Å²) in [5, 5.41) is 30.8. The summed E-state index contributed by atoms with van der Waals surface area (Å²) >= 11 is 0. The van der Waals surface area contributed by atoms with Crippen molar-refractivity contribution in [2.24, 2.45) is 0 Å². The molecule has 9 nitrogen and oxygen atoms in total. The predicted octanol–water partition coefficient (Wildman–Crippen LogP) is 5.81. The van der Waals surface area contributed by atoms with Crippen LogP contribution in [-0.4, -0.2) is 51.1 Å². The van der Waals surface area contributed by atoms with E-state index in [1.807, 2.05) is 45.9 Å². The Morgan fingerprint density at radius 2 is 1.93 bits per heavy atom. The number of piperidine rings is 1. The van der Waals surface area contributed by atoms with Gasteiger partial charge in [0.05, 0.1) is 17.5 Å². The predicted molar refractivity (Wildman–Crippen MR) is 150 cm³/mol. The highest BCUT2D eigenvalue weighted by molar-refractivity contribution is 6.05. The molecule has 3 N–H and O–H groups in total. The first-order valence-electron chi connectivity index (χ1n) is 13.2. The summed E-state index contributed by atoms with van der Waals surface area (Å²) in [5.74, 6) is 0.153. The van der Waals surface area contributed by atoms with E-state index in [-0.39, 0.29) is 17.4 Å². The highest BCUT2D eigenvalue weighted by atomic mass is 19.1. The summed E-state index contributed by atoms with van der Waals surface area (Å²) in [6.45, 7) is 8.53. The number of ether oxygens (including phenoxy) is 1. The number of rotatable bonds is 4. The van der Waals surface area contributed by atoms with Gasteiger partial charge in [0.25, 0.3) is 0 Å². The van der Waals surface area contributed by atoms with Gasteiger partial charge in [-0.05, 0) is 69.9 Å². The molecule has 1 saturated heterocycles. The molecule has 40 heavy (non-hydrogen) atoms. The van der Waals surface area contributed by atoms with Gasteiger partial charge < -0.3 is 20.1 Å². The first-order valence-corrected chi connectivity index (χ1v) is 13.2. The number of pyridine rings is 1. The molecular weight excluding hydrogens is 511 g/mol. The van der Waals surface area contributed by atoms with Crippen LogP contribution in [0.5, 0.6) is 5.75 Å². The Bertz CT molecular complexity index is 1630. The molecule has 10 heteroatoms. The summed E-state index contributed by atoms with van der Waals surface area (Å²) in [6, 6.07) is 11.6. The van der Waals surface area contributed by atoms with E-state index >= 15 is 0 Å². The van der Waals surface area contributed by atoms with Crippen molar-refractivity contribution in [3.63, 3.8) is 0 Å². The number of nitriles is 1. The average Bonchev–Trinajstić information content (AvgIpc) is 3.39. The van der Waals surface area contributed by atoms with Crippen molar-refractivity contribution < 1.29 is 19.0 Å². The third-order valence-corrected chi connectivity index (χ3v) is 6.96. The number of fused-ring (bicyclic) bond motifs is 1. The lowest BCUT2D eigenvalue weighted by atomic mass is 9.94. The van der Waals surface area contributed by atoms with Gasteiger partial charge >= 0.3 is 6.09 Å². The fourth-order valence-corrected chi connectivity index (χ4v) is 4.95. The monoisotopic (exact) mass is 542 g/mol. The van der Waals surface area contributed by atoms with Crippen molar-refractivity contribution in [1.82, 2.24) is 20.5 Å². The maximum absolute atomic E-state index is 14.8. The van der Waals surface area contributed by atoms with Gasteiger partial charge in [0.1, 0.15) is 28.8 Å². The minimum Gasteiger partial charge on any atom is -0.508 e. The van der Waals surface area contributed by atoms with E-state index in [0.29, 0.717) is 59.7 Å². The molecule has 0 atom stereocenters. The second-order valence-electron chi connectivity index (χ2n) is 11.0. The zero-order valence-electron chi connectivity index (χ0n) is 22.9. The number of carbonyl (C=O) groups excluding carboxylic acids is 1. The number of H-pyrrole nitrogens is 1. The lowest BCUT2D eigenvalue weighted by Crippen LogP contribution is -2.46. The fourth-order valence-electron chi connectivity index (χ4n) is 4.95. The highest BCUT2D eigenvalue weighted by Crippen LogP contribution is 2.41. The van der Waals surface area contributed by atoms with Crippen molar-refractivity contribution in [2.75, 3.05) is 18.0 Å². The molecule has 0 unspecified atom stereocenters. The molecule has 1 fully saturated rings. The number of phenols is 1. The molecule has 0 radical (unpaired) electrons. The first-order chi connectivity index (χ1) is 19.0. The number of nitrogens with zero attached hydrogens (tertiary/aromatic N) is 4. The number of phenolic OH excluding ortho intramolecular Hbond substituents is 1. The molecule has 4 aromatic rings. The Kier molecular flexibility index (Phi) is 7.06. The highest BCUT2D eigenvalue weighted by Gasteiger charge is 2.28. The molecule has 1 amide bonds. The van der Waals surface area contributed by atoms with Gasteiger partial charge in [0, 0.05) is 35.6 Å². The van der Waals surface area contributed by atoms with Crippen LogP contribution in [0.1, 0.15) is 44.7 Å². The third-order valence-electron chi connectivity index (χ3n) is 6.96. The van der Waals surface area contributed by atoms with Crippen LogP contribution in [0.25, 0.3) is 33.3 Å². The van der Waals surface area contributed by atoms with Gasteiger partial charge in [-0.1, -0.05) is 18.2 Å². The van der Waals surface area contributed by atoms with E-state index in [0.717, 1.165) is 10.9 Å². The van der Waals surface area contributed by atoms with E-state index < -0.39 is 17.5 Å². The number of benzene rings is 2. The summed E-state index contributed by atoms with van der Waals surface area (Å²) < 4.78 is 20.2. The molecule has 5 rings (SSSR count). The van der Waals surface area contributed by atoms with Crippen molar-refractivity contribution in [2.45, 2.75) is 52.2 Å². The molecule has 206 valence electrons. The summed E-state index contributed by atoms with van der Waals surface area (Å²) in [5.41, 5.74) is 3.21. The number of halogens is 1. The van der Waals surface area contributed by atoms with Crippen molar-refractivity contribution in [1.29, 1.82) is 5.26 Å². The fraction of sp³-hybridized carbons (Fsp3) is 0.333. The average molecular weight is 543 g/mol. The molecule has 0 bridgehead atoms. The van der Waals surface area contributed by atoms with Gasteiger partial charge in [-0.2, -0.15) is 10.4 Å². The second-order valence-corrected chi connectivity index (χ2v) is 11.0. The molecule has 2 aromatic carbocycles. The Morgan fingerprint density at radius 1 is 1.20 bits per heavy atom. The number of carbonyl (C=O) groups is 1. The minimum atomic E-state index is -0.637. The zero-order chi connectivity index (χ0) is 28.6. The molecule has 0 aliphatic carbocycles. The van der Waals surface area contributed by atoms with E-state index in [1.165, 1.54) is 12.1 Å². The van der Waals surface area contributed by atoms with E-state index in [4.69, 9.17) is 9.72 Å². The number of alkyl carbamates (subject to hydrolysis) is 1.